The third kappa shape index (κ3) is 3.40. The van der Waals surface area contributed by atoms with Crippen molar-refractivity contribution < 1.29 is 19.5 Å². The molecule has 1 aliphatic rings. The average molecular weight is 329 g/mol. The van der Waals surface area contributed by atoms with Gasteiger partial charge in [-0.25, -0.2) is 0 Å². The van der Waals surface area contributed by atoms with Crippen molar-refractivity contribution in [2.45, 2.75) is 25.3 Å². The first-order chi connectivity index (χ1) is 11.5. The Morgan fingerprint density at radius 3 is 2.75 bits per heavy atom. The standard InChI is InChI=1S/C17H19N3O4/c21-15(20-13-7-3-5-11(13)17(23)24)9-18-16(22)14-8-10-4-1-2-6-12(10)19-14/h1-2,4,6,8,11,13,19H,3,5,7,9H2,(H,18,22)(H,20,21)(H,23,24)/t11-,13+/m1/s1. The van der Waals surface area contributed by atoms with E-state index in [0.29, 0.717) is 18.5 Å². The predicted molar refractivity (Wildman–Crippen MR) is 87.5 cm³/mol. The van der Waals surface area contributed by atoms with Crippen molar-refractivity contribution in [1.29, 1.82) is 0 Å². The summed E-state index contributed by atoms with van der Waals surface area (Å²) < 4.78 is 0. The van der Waals surface area contributed by atoms with Crippen LogP contribution in [0, 0.1) is 5.92 Å². The second kappa shape index (κ2) is 6.74. The van der Waals surface area contributed by atoms with Gasteiger partial charge >= 0.3 is 5.97 Å². The molecule has 0 radical (unpaired) electrons. The molecule has 7 nitrogen and oxygen atoms in total. The van der Waals surface area contributed by atoms with Crippen LogP contribution < -0.4 is 10.6 Å². The second-order valence-electron chi connectivity index (χ2n) is 6.00. The first kappa shape index (κ1) is 16.0. The Kier molecular flexibility index (Phi) is 4.50. The molecule has 1 fully saturated rings. The first-order valence-electron chi connectivity index (χ1n) is 7.92. The number of carbonyl (C=O) groups excluding carboxylic acids is 2. The van der Waals surface area contributed by atoms with Gasteiger partial charge in [-0.2, -0.15) is 0 Å². The largest absolute Gasteiger partial charge is 0.481 e. The molecule has 2 aromatic rings. The quantitative estimate of drug-likeness (QED) is 0.662. The van der Waals surface area contributed by atoms with E-state index < -0.39 is 11.9 Å². The molecule has 7 heteroatoms. The van der Waals surface area contributed by atoms with Crippen LogP contribution in [-0.4, -0.2) is 40.5 Å². The summed E-state index contributed by atoms with van der Waals surface area (Å²) in [6.45, 7) is -0.183. The van der Waals surface area contributed by atoms with Gasteiger partial charge in [-0.3, -0.25) is 14.4 Å². The number of fused-ring (bicyclic) bond motifs is 1. The van der Waals surface area contributed by atoms with Crippen molar-refractivity contribution in [3.8, 4) is 0 Å². The van der Waals surface area contributed by atoms with Crippen molar-refractivity contribution in [3.05, 3.63) is 36.0 Å². The monoisotopic (exact) mass is 329 g/mol. The summed E-state index contributed by atoms with van der Waals surface area (Å²) in [5.74, 6) is -2.18. The van der Waals surface area contributed by atoms with Gasteiger partial charge in [-0.1, -0.05) is 24.6 Å². The number of carboxylic acids is 1. The van der Waals surface area contributed by atoms with Gasteiger partial charge in [-0.15, -0.1) is 0 Å². The Morgan fingerprint density at radius 2 is 2.00 bits per heavy atom. The summed E-state index contributed by atoms with van der Waals surface area (Å²) in [6, 6.07) is 8.87. The molecular formula is C17H19N3O4. The van der Waals surface area contributed by atoms with E-state index in [1.165, 1.54) is 0 Å². The fourth-order valence-corrected chi connectivity index (χ4v) is 3.14. The van der Waals surface area contributed by atoms with Gasteiger partial charge in [0.2, 0.25) is 5.91 Å². The average Bonchev–Trinajstić information content (AvgIpc) is 3.18. The topological polar surface area (TPSA) is 111 Å². The van der Waals surface area contributed by atoms with Gasteiger partial charge < -0.3 is 20.7 Å². The van der Waals surface area contributed by atoms with Crippen LogP contribution in [0.15, 0.2) is 30.3 Å². The summed E-state index contributed by atoms with van der Waals surface area (Å²) in [4.78, 5) is 38.2. The van der Waals surface area contributed by atoms with Gasteiger partial charge in [0, 0.05) is 16.9 Å². The summed E-state index contributed by atoms with van der Waals surface area (Å²) in [6.07, 6.45) is 2.00. The number of carbonyl (C=O) groups is 3. The number of hydrogen-bond acceptors (Lipinski definition) is 3. The van der Waals surface area contributed by atoms with Gasteiger partial charge in [0.15, 0.2) is 0 Å². The fourth-order valence-electron chi connectivity index (χ4n) is 3.14. The number of rotatable bonds is 5. The maximum absolute atomic E-state index is 12.1. The molecule has 0 spiro atoms. The van der Waals surface area contributed by atoms with E-state index in [1.807, 2.05) is 24.3 Å². The number of hydrogen-bond donors (Lipinski definition) is 4. The van der Waals surface area contributed by atoms with E-state index in [-0.39, 0.29) is 24.4 Å². The van der Waals surface area contributed by atoms with E-state index >= 15 is 0 Å². The molecule has 0 unspecified atom stereocenters. The SMILES string of the molecule is O=C(CNC(=O)c1cc2ccccc2[nH]1)N[C@H]1CCC[C@H]1C(=O)O. The molecule has 1 aromatic carbocycles. The Labute approximate surface area is 138 Å². The highest BCUT2D eigenvalue weighted by molar-refractivity contribution is 5.99. The maximum Gasteiger partial charge on any atom is 0.308 e. The van der Waals surface area contributed by atoms with Gasteiger partial charge in [-0.05, 0) is 25.0 Å². The molecule has 3 rings (SSSR count). The molecule has 4 N–H and O–H groups in total. The number of amides is 2. The summed E-state index contributed by atoms with van der Waals surface area (Å²) in [5, 5.41) is 15.3. The number of nitrogens with one attached hydrogen (secondary N) is 3. The minimum atomic E-state index is -0.889. The summed E-state index contributed by atoms with van der Waals surface area (Å²) in [7, 11) is 0. The Hall–Kier alpha value is -2.83. The number of H-pyrrole nitrogens is 1. The zero-order valence-electron chi connectivity index (χ0n) is 13.0. The second-order valence-corrected chi connectivity index (χ2v) is 6.00. The van der Waals surface area contributed by atoms with Crippen LogP contribution in [0.5, 0.6) is 0 Å². The number of benzene rings is 1. The fraction of sp³-hybridized carbons (Fsp3) is 0.353. The van der Waals surface area contributed by atoms with E-state index in [0.717, 1.165) is 17.3 Å². The van der Waals surface area contributed by atoms with E-state index in [1.54, 1.807) is 6.07 Å². The van der Waals surface area contributed by atoms with Crippen molar-refractivity contribution in [3.63, 3.8) is 0 Å². The van der Waals surface area contributed by atoms with Crippen molar-refractivity contribution in [1.82, 2.24) is 15.6 Å². The van der Waals surface area contributed by atoms with Crippen LogP contribution in [0.4, 0.5) is 0 Å². The number of carboxylic acid groups (broad SMARTS) is 1. The van der Waals surface area contributed by atoms with Crippen LogP contribution in [0.2, 0.25) is 0 Å². The van der Waals surface area contributed by atoms with Crippen molar-refractivity contribution in [2.24, 2.45) is 5.92 Å². The summed E-state index contributed by atoms with van der Waals surface area (Å²) in [5.41, 5.74) is 1.23. The molecule has 126 valence electrons. The zero-order chi connectivity index (χ0) is 17.1. The van der Waals surface area contributed by atoms with Gasteiger partial charge in [0.05, 0.1) is 12.5 Å². The highest BCUT2D eigenvalue weighted by Gasteiger charge is 2.33. The van der Waals surface area contributed by atoms with E-state index in [4.69, 9.17) is 5.11 Å². The third-order valence-corrected chi connectivity index (χ3v) is 4.36. The molecule has 2 amide bonds. The lowest BCUT2D eigenvalue weighted by Crippen LogP contribution is -2.45. The molecule has 1 aromatic heterocycles. The molecular weight excluding hydrogens is 310 g/mol. The number of aliphatic carboxylic acids is 1. The minimum Gasteiger partial charge on any atom is -0.481 e. The highest BCUT2D eigenvalue weighted by Crippen LogP contribution is 2.25. The van der Waals surface area contributed by atoms with Crippen LogP contribution in [-0.2, 0) is 9.59 Å². The highest BCUT2D eigenvalue weighted by atomic mass is 16.4. The van der Waals surface area contributed by atoms with Crippen LogP contribution in [0.25, 0.3) is 10.9 Å². The molecule has 1 aliphatic carbocycles. The van der Waals surface area contributed by atoms with Gasteiger partial charge in [0.1, 0.15) is 5.69 Å². The van der Waals surface area contributed by atoms with E-state index in [9.17, 15) is 14.4 Å². The Bertz CT molecular complexity index is 750. The lowest BCUT2D eigenvalue weighted by molar-refractivity contribution is -0.142. The minimum absolute atomic E-state index is 0.183. The van der Waals surface area contributed by atoms with Crippen LogP contribution in [0.3, 0.4) is 0 Å². The molecule has 0 aliphatic heterocycles. The smallest absolute Gasteiger partial charge is 0.308 e. The zero-order valence-corrected chi connectivity index (χ0v) is 13.0. The summed E-state index contributed by atoms with van der Waals surface area (Å²) >= 11 is 0. The van der Waals surface area contributed by atoms with E-state index in [2.05, 4.69) is 15.6 Å². The lowest BCUT2D eigenvalue weighted by Gasteiger charge is -2.17. The normalized spacial score (nSPS) is 20.0. The number of aromatic amines is 1. The van der Waals surface area contributed by atoms with Crippen LogP contribution in [0.1, 0.15) is 29.8 Å². The third-order valence-electron chi connectivity index (χ3n) is 4.36. The van der Waals surface area contributed by atoms with Crippen LogP contribution >= 0.6 is 0 Å². The molecule has 2 atom stereocenters. The predicted octanol–water partition coefficient (Wildman–Crippen LogP) is 1.27. The lowest BCUT2D eigenvalue weighted by atomic mass is 10.0. The van der Waals surface area contributed by atoms with Crippen molar-refractivity contribution in [2.75, 3.05) is 6.54 Å². The molecule has 1 heterocycles. The Balaban J connectivity index is 1.54. The first-order valence-corrected chi connectivity index (χ1v) is 7.92. The maximum atomic E-state index is 12.1. The molecule has 0 bridgehead atoms. The molecule has 24 heavy (non-hydrogen) atoms. The molecule has 1 saturated carbocycles. The number of aromatic nitrogens is 1. The van der Waals surface area contributed by atoms with Crippen molar-refractivity contribution >= 4 is 28.7 Å². The van der Waals surface area contributed by atoms with Gasteiger partial charge in [0.25, 0.3) is 5.91 Å². The number of para-hydroxylation sites is 1. The molecule has 0 saturated heterocycles. The Morgan fingerprint density at radius 1 is 1.21 bits per heavy atom.